The third-order valence-corrected chi connectivity index (χ3v) is 3.82. The maximum Gasteiger partial charge on any atom is 0.261 e. The second-order valence-corrected chi connectivity index (χ2v) is 6.36. The summed E-state index contributed by atoms with van der Waals surface area (Å²) in [5.41, 5.74) is 7.65. The minimum absolute atomic E-state index is 0.135. The first kappa shape index (κ1) is 19.4. The summed E-state index contributed by atoms with van der Waals surface area (Å²) >= 11 is 0. The maximum absolute atomic E-state index is 13.1. The third-order valence-electron chi connectivity index (χ3n) is 3.82. The van der Waals surface area contributed by atoms with Gasteiger partial charge < -0.3 is 15.9 Å². The zero-order valence-electron chi connectivity index (χ0n) is 15.0. The van der Waals surface area contributed by atoms with E-state index < -0.39 is 0 Å². The van der Waals surface area contributed by atoms with E-state index in [4.69, 9.17) is 10.6 Å². The standard InChI is InChI=1S/C20H24FN3O2/c1-14(2)20(16-8-10-17(21)11-9-16)23-19(25)13-26-24-18(22)12-15-6-4-3-5-7-15/h3-11,14,20H,12-13H2,1-2H3,(H2,22,24)(H,23,25). The summed E-state index contributed by atoms with van der Waals surface area (Å²) in [5.74, 6) is -0.197. The number of oxime groups is 1. The smallest absolute Gasteiger partial charge is 0.261 e. The van der Waals surface area contributed by atoms with Crippen LogP contribution in [-0.2, 0) is 16.1 Å². The van der Waals surface area contributed by atoms with E-state index in [9.17, 15) is 9.18 Å². The van der Waals surface area contributed by atoms with Gasteiger partial charge in [-0.3, -0.25) is 4.79 Å². The van der Waals surface area contributed by atoms with Crippen LogP contribution in [0.15, 0.2) is 59.8 Å². The molecule has 0 saturated carbocycles. The van der Waals surface area contributed by atoms with Crippen molar-refractivity contribution in [1.82, 2.24) is 5.32 Å². The maximum atomic E-state index is 13.1. The Morgan fingerprint density at radius 3 is 2.42 bits per heavy atom. The molecule has 0 aliphatic heterocycles. The van der Waals surface area contributed by atoms with Crippen LogP contribution in [0.2, 0.25) is 0 Å². The molecule has 26 heavy (non-hydrogen) atoms. The zero-order chi connectivity index (χ0) is 18.9. The molecule has 0 spiro atoms. The Morgan fingerprint density at radius 1 is 1.15 bits per heavy atom. The van der Waals surface area contributed by atoms with E-state index in [2.05, 4.69) is 10.5 Å². The molecule has 2 aromatic rings. The largest absolute Gasteiger partial charge is 0.384 e. The molecular weight excluding hydrogens is 333 g/mol. The van der Waals surface area contributed by atoms with Gasteiger partial charge in [0, 0.05) is 6.42 Å². The van der Waals surface area contributed by atoms with E-state index in [-0.39, 0.29) is 30.3 Å². The molecule has 6 heteroatoms. The SMILES string of the molecule is CC(C)C(NC(=O)CO/N=C(/N)Cc1ccccc1)c1ccc(F)cc1. The molecule has 0 radical (unpaired) electrons. The highest BCUT2D eigenvalue weighted by molar-refractivity contribution is 5.82. The normalized spacial score (nSPS) is 12.7. The Kier molecular flexibility index (Phi) is 7.14. The molecule has 0 aliphatic carbocycles. The lowest BCUT2D eigenvalue weighted by Crippen LogP contribution is -2.34. The number of rotatable bonds is 8. The topological polar surface area (TPSA) is 76.7 Å². The molecule has 1 unspecified atom stereocenters. The Morgan fingerprint density at radius 2 is 1.81 bits per heavy atom. The van der Waals surface area contributed by atoms with E-state index in [0.29, 0.717) is 12.3 Å². The van der Waals surface area contributed by atoms with Gasteiger partial charge in [0.2, 0.25) is 0 Å². The Bertz CT molecular complexity index is 730. The van der Waals surface area contributed by atoms with E-state index in [1.165, 1.54) is 12.1 Å². The van der Waals surface area contributed by atoms with Crippen molar-refractivity contribution in [2.75, 3.05) is 6.61 Å². The number of nitrogens with zero attached hydrogens (tertiary/aromatic N) is 1. The Balaban J connectivity index is 1.86. The van der Waals surface area contributed by atoms with Crippen molar-refractivity contribution in [3.05, 3.63) is 71.5 Å². The first-order valence-electron chi connectivity index (χ1n) is 8.48. The first-order chi connectivity index (χ1) is 12.5. The predicted molar refractivity (Wildman–Crippen MR) is 99.8 cm³/mol. The Hall–Kier alpha value is -2.89. The number of hydrogen-bond acceptors (Lipinski definition) is 3. The summed E-state index contributed by atoms with van der Waals surface area (Å²) < 4.78 is 13.1. The zero-order valence-corrected chi connectivity index (χ0v) is 15.0. The van der Waals surface area contributed by atoms with Gasteiger partial charge in [-0.15, -0.1) is 0 Å². The molecule has 0 aliphatic rings. The van der Waals surface area contributed by atoms with Crippen molar-refractivity contribution in [1.29, 1.82) is 0 Å². The Labute approximate surface area is 153 Å². The molecule has 0 bridgehead atoms. The van der Waals surface area contributed by atoms with Gasteiger partial charge >= 0.3 is 0 Å². The molecule has 5 nitrogen and oxygen atoms in total. The summed E-state index contributed by atoms with van der Waals surface area (Å²) in [4.78, 5) is 17.2. The monoisotopic (exact) mass is 357 g/mol. The molecule has 2 rings (SSSR count). The fourth-order valence-corrected chi connectivity index (χ4v) is 2.53. The average molecular weight is 357 g/mol. The average Bonchev–Trinajstić information content (AvgIpc) is 2.61. The lowest BCUT2D eigenvalue weighted by molar-refractivity contribution is -0.126. The molecule has 0 heterocycles. The van der Waals surface area contributed by atoms with Crippen molar-refractivity contribution < 1.29 is 14.0 Å². The minimum Gasteiger partial charge on any atom is -0.384 e. The number of nitrogens with one attached hydrogen (secondary N) is 1. The minimum atomic E-state index is -0.315. The number of nitrogens with two attached hydrogens (primary N) is 1. The third kappa shape index (κ3) is 6.20. The molecule has 0 saturated heterocycles. The van der Waals surface area contributed by atoms with Crippen LogP contribution in [0.25, 0.3) is 0 Å². The molecule has 1 atom stereocenters. The van der Waals surface area contributed by atoms with Crippen LogP contribution in [0.1, 0.15) is 31.0 Å². The lowest BCUT2D eigenvalue weighted by Gasteiger charge is -2.22. The summed E-state index contributed by atoms with van der Waals surface area (Å²) in [7, 11) is 0. The van der Waals surface area contributed by atoms with Gasteiger partial charge in [-0.05, 0) is 29.2 Å². The molecule has 0 fully saturated rings. The van der Waals surface area contributed by atoms with Gasteiger partial charge in [0.1, 0.15) is 11.7 Å². The van der Waals surface area contributed by atoms with Crippen molar-refractivity contribution in [3.63, 3.8) is 0 Å². The molecule has 1 amide bonds. The second kappa shape index (κ2) is 9.56. The van der Waals surface area contributed by atoms with Gasteiger partial charge in [0.25, 0.3) is 5.91 Å². The first-order valence-corrected chi connectivity index (χ1v) is 8.48. The van der Waals surface area contributed by atoms with Crippen molar-refractivity contribution in [2.24, 2.45) is 16.8 Å². The lowest BCUT2D eigenvalue weighted by atomic mass is 9.96. The van der Waals surface area contributed by atoms with Crippen LogP contribution >= 0.6 is 0 Å². The molecule has 138 valence electrons. The van der Waals surface area contributed by atoms with Crippen molar-refractivity contribution in [2.45, 2.75) is 26.3 Å². The van der Waals surface area contributed by atoms with E-state index >= 15 is 0 Å². The molecule has 3 N–H and O–H groups in total. The summed E-state index contributed by atoms with van der Waals surface area (Å²) in [6.45, 7) is 3.72. The number of hydrogen-bond donors (Lipinski definition) is 2. The van der Waals surface area contributed by atoms with Crippen molar-refractivity contribution in [3.8, 4) is 0 Å². The fraction of sp³-hybridized carbons (Fsp3) is 0.300. The predicted octanol–water partition coefficient (Wildman–Crippen LogP) is 3.17. The van der Waals surface area contributed by atoms with Crippen LogP contribution in [0.4, 0.5) is 4.39 Å². The van der Waals surface area contributed by atoms with E-state index in [1.54, 1.807) is 12.1 Å². The van der Waals surface area contributed by atoms with Gasteiger partial charge in [0.05, 0.1) is 6.04 Å². The van der Waals surface area contributed by atoms with Crippen LogP contribution in [0.5, 0.6) is 0 Å². The number of amidine groups is 1. The second-order valence-electron chi connectivity index (χ2n) is 6.36. The van der Waals surface area contributed by atoms with Crippen LogP contribution in [-0.4, -0.2) is 18.3 Å². The highest BCUT2D eigenvalue weighted by Gasteiger charge is 2.18. The molecule has 0 aromatic heterocycles. The summed E-state index contributed by atoms with van der Waals surface area (Å²) in [6, 6.07) is 15.5. The number of amides is 1. The molecular formula is C20H24FN3O2. The van der Waals surface area contributed by atoms with Gasteiger partial charge in [-0.1, -0.05) is 61.5 Å². The highest BCUT2D eigenvalue weighted by Crippen LogP contribution is 2.21. The van der Waals surface area contributed by atoms with Crippen molar-refractivity contribution >= 4 is 11.7 Å². The highest BCUT2D eigenvalue weighted by atomic mass is 19.1. The van der Waals surface area contributed by atoms with E-state index in [0.717, 1.165) is 11.1 Å². The summed E-state index contributed by atoms with van der Waals surface area (Å²) in [6.07, 6.45) is 0.451. The van der Waals surface area contributed by atoms with Crippen LogP contribution in [0, 0.1) is 11.7 Å². The van der Waals surface area contributed by atoms with E-state index in [1.807, 2.05) is 44.2 Å². The number of carbonyl (C=O) groups excluding carboxylic acids is 1. The van der Waals surface area contributed by atoms with Crippen LogP contribution < -0.4 is 11.1 Å². The molecule has 2 aromatic carbocycles. The number of halogens is 1. The summed E-state index contributed by atoms with van der Waals surface area (Å²) in [5, 5.41) is 6.66. The van der Waals surface area contributed by atoms with Gasteiger partial charge in [-0.2, -0.15) is 0 Å². The van der Waals surface area contributed by atoms with Gasteiger partial charge in [-0.25, -0.2) is 4.39 Å². The van der Waals surface area contributed by atoms with Crippen LogP contribution in [0.3, 0.4) is 0 Å². The van der Waals surface area contributed by atoms with Gasteiger partial charge in [0.15, 0.2) is 6.61 Å². The quantitative estimate of drug-likeness (QED) is 0.433. The number of benzene rings is 2. The fourth-order valence-electron chi connectivity index (χ4n) is 2.53. The number of carbonyl (C=O) groups is 1.